The summed E-state index contributed by atoms with van der Waals surface area (Å²) in [6.07, 6.45) is -0.756. The van der Waals surface area contributed by atoms with E-state index in [4.69, 9.17) is 9.47 Å². The normalized spacial score (nSPS) is 11.3. The van der Waals surface area contributed by atoms with E-state index in [0.717, 1.165) is 0 Å². The van der Waals surface area contributed by atoms with Gasteiger partial charge < -0.3 is 14.8 Å². The van der Waals surface area contributed by atoms with Gasteiger partial charge in [-0.1, -0.05) is 36.4 Å². The summed E-state index contributed by atoms with van der Waals surface area (Å²) in [5, 5.41) is 2.80. The minimum absolute atomic E-state index is 0.236. The van der Waals surface area contributed by atoms with Gasteiger partial charge in [0, 0.05) is 11.3 Å². The molecule has 0 aliphatic heterocycles. The van der Waals surface area contributed by atoms with Gasteiger partial charge in [0.15, 0.2) is 6.10 Å². The van der Waals surface area contributed by atoms with Gasteiger partial charge in [0.1, 0.15) is 11.5 Å². The zero-order valence-corrected chi connectivity index (χ0v) is 14.8. The number of carbonyl (C=O) groups excluding carboxylic acids is 2. The van der Waals surface area contributed by atoms with Gasteiger partial charge in [-0.3, -0.25) is 4.79 Å². The predicted molar refractivity (Wildman–Crippen MR) is 103 cm³/mol. The fourth-order valence-corrected chi connectivity index (χ4v) is 2.35. The summed E-state index contributed by atoms with van der Waals surface area (Å²) >= 11 is 0. The van der Waals surface area contributed by atoms with E-state index in [1.807, 2.05) is 48.5 Å². The minimum Gasteiger partial charge on any atom is -0.479 e. The average molecular weight is 361 g/mol. The number of carbonyl (C=O) groups is 2. The van der Waals surface area contributed by atoms with Crippen LogP contribution in [0.4, 0.5) is 5.69 Å². The molecule has 0 heterocycles. The van der Waals surface area contributed by atoms with Crippen molar-refractivity contribution in [3.8, 4) is 11.5 Å². The highest BCUT2D eigenvalue weighted by molar-refractivity contribution is 6.04. The van der Waals surface area contributed by atoms with Gasteiger partial charge in [0.05, 0.1) is 0 Å². The maximum Gasteiger partial charge on any atom is 0.352 e. The molecule has 5 nitrogen and oxygen atoms in total. The fourth-order valence-electron chi connectivity index (χ4n) is 2.35. The first-order valence-corrected chi connectivity index (χ1v) is 8.52. The highest BCUT2D eigenvalue weighted by Gasteiger charge is 2.17. The van der Waals surface area contributed by atoms with E-state index in [9.17, 15) is 9.59 Å². The quantitative estimate of drug-likeness (QED) is 0.525. The standard InChI is InChI=1S/C22H19NO4/c1-16(26-19-10-6-3-7-11-19)22(25)27-20-14-12-17(13-15-20)21(24)23-18-8-4-2-5-9-18/h2-16H,1H3,(H,23,24). The van der Waals surface area contributed by atoms with Crippen molar-refractivity contribution in [1.29, 1.82) is 0 Å². The number of rotatable bonds is 6. The SMILES string of the molecule is CC(Oc1ccccc1)C(=O)Oc1ccc(C(=O)Nc2ccccc2)cc1. The lowest BCUT2D eigenvalue weighted by atomic mass is 10.2. The van der Waals surface area contributed by atoms with Crippen LogP contribution in [0.25, 0.3) is 0 Å². The lowest BCUT2D eigenvalue weighted by Crippen LogP contribution is -2.28. The molecule has 0 aliphatic rings. The Labute approximate surface area is 157 Å². The van der Waals surface area contributed by atoms with Crippen LogP contribution in [-0.4, -0.2) is 18.0 Å². The van der Waals surface area contributed by atoms with Gasteiger partial charge >= 0.3 is 5.97 Å². The van der Waals surface area contributed by atoms with Crippen molar-refractivity contribution >= 4 is 17.6 Å². The van der Waals surface area contributed by atoms with Gasteiger partial charge in [-0.25, -0.2) is 4.79 Å². The number of hydrogen-bond donors (Lipinski definition) is 1. The lowest BCUT2D eigenvalue weighted by Gasteiger charge is -2.14. The van der Waals surface area contributed by atoms with Gasteiger partial charge in [-0.05, 0) is 55.5 Å². The van der Waals surface area contributed by atoms with Crippen molar-refractivity contribution in [2.45, 2.75) is 13.0 Å². The number of anilines is 1. The molecule has 0 saturated heterocycles. The molecule has 0 bridgehead atoms. The Morgan fingerprint density at radius 3 is 2.00 bits per heavy atom. The van der Waals surface area contributed by atoms with Gasteiger partial charge in [0.2, 0.25) is 0 Å². The Balaban J connectivity index is 1.56. The molecule has 0 aliphatic carbocycles. The third-order valence-electron chi connectivity index (χ3n) is 3.75. The van der Waals surface area contributed by atoms with Crippen LogP contribution in [0.2, 0.25) is 0 Å². The number of ether oxygens (including phenoxy) is 2. The first-order valence-electron chi connectivity index (χ1n) is 8.52. The van der Waals surface area contributed by atoms with Crippen LogP contribution in [0.1, 0.15) is 17.3 Å². The number of hydrogen-bond acceptors (Lipinski definition) is 4. The van der Waals surface area contributed by atoms with Crippen molar-refractivity contribution in [1.82, 2.24) is 0 Å². The van der Waals surface area contributed by atoms with Crippen LogP contribution >= 0.6 is 0 Å². The third-order valence-corrected chi connectivity index (χ3v) is 3.75. The van der Waals surface area contributed by atoms with Crippen molar-refractivity contribution in [3.05, 3.63) is 90.5 Å². The average Bonchev–Trinajstić information content (AvgIpc) is 2.70. The molecular weight excluding hydrogens is 342 g/mol. The number of nitrogens with one attached hydrogen (secondary N) is 1. The van der Waals surface area contributed by atoms with E-state index >= 15 is 0 Å². The molecule has 3 aromatic carbocycles. The van der Waals surface area contributed by atoms with E-state index in [1.165, 1.54) is 0 Å². The second-order valence-electron chi connectivity index (χ2n) is 5.84. The Kier molecular flexibility index (Phi) is 5.84. The zero-order valence-electron chi connectivity index (χ0n) is 14.8. The zero-order chi connectivity index (χ0) is 19.1. The Morgan fingerprint density at radius 1 is 0.778 bits per heavy atom. The van der Waals surface area contributed by atoms with E-state index in [0.29, 0.717) is 22.7 Å². The van der Waals surface area contributed by atoms with Gasteiger partial charge in [-0.2, -0.15) is 0 Å². The molecule has 0 saturated carbocycles. The molecule has 0 fully saturated rings. The first-order chi connectivity index (χ1) is 13.1. The van der Waals surface area contributed by atoms with E-state index < -0.39 is 12.1 Å². The highest BCUT2D eigenvalue weighted by atomic mass is 16.6. The summed E-state index contributed by atoms with van der Waals surface area (Å²) in [4.78, 5) is 24.4. The molecule has 5 heteroatoms. The number of para-hydroxylation sites is 2. The van der Waals surface area contributed by atoms with E-state index in [-0.39, 0.29) is 5.91 Å². The lowest BCUT2D eigenvalue weighted by molar-refractivity contribution is -0.141. The van der Waals surface area contributed by atoms with Crippen LogP contribution in [0.15, 0.2) is 84.9 Å². The van der Waals surface area contributed by atoms with Crippen LogP contribution in [-0.2, 0) is 4.79 Å². The summed E-state index contributed by atoms with van der Waals surface area (Å²) < 4.78 is 10.8. The first kappa shape index (κ1) is 18.2. The molecular formula is C22H19NO4. The molecule has 1 atom stereocenters. The largest absolute Gasteiger partial charge is 0.479 e. The number of esters is 1. The maximum absolute atomic E-state index is 12.2. The van der Waals surface area contributed by atoms with Gasteiger partial charge in [-0.15, -0.1) is 0 Å². The molecule has 1 unspecified atom stereocenters. The molecule has 1 amide bonds. The molecule has 0 aromatic heterocycles. The Hall–Kier alpha value is -3.60. The van der Waals surface area contributed by atoms with Crippen LogP contribution in [0.5, 0.6) is 11.5 Å². The van der Waals surface area contributed by atoms with Crippen LogP contribution in [0.3, 0.4) is 0 Å². The summed E-state index contributed by atoms with van der Waals surface area (Å²) in [5.74, 6) is 0.190. The molecule has 0 spiro atoms. The second-order valence-corrected chi connectivity index (χ2v) is 5.84. The monoisotopic (exact) mass is 361 g/mol. The Morgan fingerprint density at radius 2 is 1.37 bits per heavy atom. The summed E-state index contributed by atoms with van der Waals surface area (Å²) in [6.45, 7) is 1.62. The molecule has 3 rings (SSSR count). The van der Waals surface area contributed by atoms with Crippen LogP contribution < -0.4 is 14.8 Å². The number of benzene rings is 3. The fraction of sp³-hybridized carbons (Fsp3) is 0.0909. The van der Waals surface area contributed by atoms with E-state index in [1.54, 1.807) is 43.3 Å². The third kappa shape index (κ3) is 5.19. The van der Waals surface area contributed by atoms with Gasteiger partial charge in [0.25, 0.3) is 5.91 Å². The molecule has 3 aromatic rings. The minimum atomic E-state index is -0.756. The second kappa shape index (κ2) is 8.67. The van der Waals surface area contributed by atoms with Crippen LogP contribution in [0, 0.1) is 0 Å². The summed E-state index contributed by atoms with van der Waals surface area (Å²) in [5.41, 5.74) is 1.18. The summed E-state index contributed by atoms with van der Waals surface area (Å²) in [6, 6.07) is 24.6. The smallest absolute Gasteiger partial charge is 0.352 e. The topological polar surface area (TPSA) is 64.6 Å². The predicted octanol–water partition coefficient (Wildman–Crippen LogP) is 4.31. The number of amides is 1. The molecule has 136 valence electrons. The molecule has 1 N–H and O–H groups in total. The maximum atomic E-state index is 12.2. The van der Waals surface area contributed by atoms with Crippen molar-refractivity contribution in [2.24, 2.45) is 0 Å². The van der Waals surface area contributed by atoms with Crippen molar-refractivity contribution in [2.75, 3.05) is 5.32 Å². The van der Waals surface area contributed by atoms with Crippen molar-refractivity contribution < 1.29 is 19.1 Å². The van der Waals surface area contributed by atoms with E-state index in [2.05, 4.69) is 5.32 Å². The Bertz CT molecular complexity index is 893. The molecule has 27 heavy (non-hydrogen) atoms. The molecule has 0 radical (unpaired) electrons. The highest BCUT2D eigenvalue weighted by Crippen LogP contribution is 2.16. The summed E-state index contributed by atoms with van der Waals surface area (Å²) in [7, 11) is 0. The van der Waals surface area contributed by atoms with Crippen molar-refractivity contribution in [3.63, 3.8) is 0 Å².